The molecule has 0 spiro atoms. The predicted molar refractivity (Wildman–Crippen MR) is 68.9 cm³/mol. The Balaban J connectivity index is 2.77. The quantitative estimate of drug-likeness (QED) is 0.710. The van der Waals surface area contributed by atoms with Gasteiger partial charge in [-0.25, -0.2) is 4.98 Å². The standard InChI is InChI=1S/C12H21N3O3/c1-9(2)13-10-7-12(18-6-5-16-3)15-11(14-10)8-17-4/h7,9H,5-6,8H2,1-4H3,(H,13,14,15). The molecule has 0 aliphatic rings. The van der Waals surface area contributed by atoms with Crippen molar-refractivity contribution in [3.63, 3.8) is 0 Å². The zero-order valence-corrected chi connectivity index (χ0v) is 11.4. The summed E-state index contributed by atoms with van der Waals surface area (Å²) in [7, 11) is 3.24. The van der Waals surface area contributed by atoms with Crippen LogP contribution in [0.4, 0.5) is 5.82 Å². The van der Waals surface area contributed by atoms with Crippen LogP contribution in [0.2, 0.25) is 0 Å². The van der Waals surface area contributed by atoms with E-state index < -0.39 is 0 Å². The van der Waals surface area contributed by atoms with Gasteiger partial charge < -0.3 is 19.5 Å². The number of anilines is 1. The Morgan fingerprint density at radius 1 is 1.17 bits per heavy atom. The second-order valence-electron chi connectivity index (χ2n) is 4.08. The van der Waals surface area contributed by atoms with Crippen LogP contribution in [0.3, 0.4) is 0 Å². The molecule has 1 N–H and O–H groups in total. The van der Waals surface area contributed by atoms with Gasteiger partial charge >= 0.3 is 0 Å². The molecule has 102 valence electrons. The zero-order valence-electron chi connectivity index (χ0n) is 11.4. The molecule has 0 saturated heterocycles. The largest absolute Gasteiger partial charge is 0.475 e. The van der Waals surface area contributed by atoms with E-state index in [1.54, 1.807) is 20.3 Å². The predicted octanol–water partition coefficient (Wildman–Crippen LogP) is 1.47. The average molecular weight is 255 g/mol. The molecule has 0 aliphatic carbocycles. The molecule has 0 aliphatic heterocycles. The molecular weight excluding hydrogens is 234 g/mol. The topological polar surface area (TPSA) is 65.5 Å². The lowest BCUT2D eigenvalue weighted by Gasteiger charge is -2.12. The van der Waals surface area contributed by atoms with Gasteiger partial charge in [-0.15, -0.1) is 0 Å². The first-order chi connectivity index (χ1) is 8.65. The Bertz CT molecular complexity index is 358. The van der Waals surface area contributed by atoms with Crippen LogP contribution in [-0.4, -0.2) is 43.4 Å². The van der Waals surface area contributed by atoms with Crippen molar-refractivity contribution < 1.29 is 14.2 Å². The molecule has 0 atom stereocenters. The number of methoxy groups -OCH3 is 2. The Morgan fingerprint density at radius 3 is 2.56 bits per heavy atom. The molecule has 1 aromatic rings. The van der Waals surface area contributed by atoms with Crippen LogP contribution in [-0.2, 0) is 16.1 Å². The van der Waals surface area contributed by atoms with Crippen LogP contribution < -0.4 is 10.1 Å². The summed E-state index contributed by atoms with van der Waals surface area (Å²) in [5.74, 6) is 1.85. The molecule has 0 amide bonds. The number of aromatic nitrogens is 2. The minimum atomic E-state index is 0.294. The number of ether oxygens (including phenoxy) is 3. The molecule has 0 fully saturated rings. The van der Waals surface area contributed by atoms with Crippen molar-refractivity contribution in [3.8, 4) is 5.88 Å². The smallest absolute Gasteiger partial charge is 0.218 e. The van der Waals surface area contributed by atoms with Crippen molar-refractivity contribution in [3.05, 3.63) is 11.9 Å². The minimum Gasteiger partial charge on any atom is -0.475 e. The molecule has 1 aromatic heterocycles. The first kappa shape index (κ1) is 14.7. The van der Waals surface area contributed by atoms with Crippen molar-refractivity contribution in [2.75, 3.05) is 32.8 Å². The third kappa shape index (κ3) is 5.29. The summed E-state index contributed by atoms with van der Waals surface area (Å²) in [6.45, 7) is 5.43. The molecule has 0 unspecified atom stereocenters. The minimum absolute atomic E-state index is 0.294. The van der Waals surface area contributed by atoms with Gasteiger partial charge in [0.25, 0.3) is 0 Å². The lowest BCUT2D eigenvalue weighted by Crippen LogP contribution is -2.14. The van der Waals surface area contributed by atoms with Crippen molar-refractivity contribution in [2.24, 2.45) is 0 Å². The van der Waals surface area contributed by atoms with Crippen LogP contribution in [0.25, 0.3) is 0 Å². The highest BCUT2D eigenvalue weighted by Crippen LogP contribution is 2.15. The lowest BCUT2D eigenvalue weighted by molar-refractivity contribution is 0.142. The molecule has 1 rings (SSSR count). The van der Waals surface area contributed by atoms with Crippen molar-refractivity contribution in [1.29, 1.82) is 0 Å². The second kappa shape index (κ2) is 7.84. The third-order valence-corrected chi connectivity index (χ3v) is 2.00. The monoisotopic (exact) mass is 255 g/mol. The zero-order chi connectivity index (χ0) is 13.4. The van der Waals surface area contributed by atoms with Crippen molar-refractivity contribution in [1.82, 2.24) is 9.97 Å². The molecule has 0 bridgehead atoms. The summed E-state index contributed by atoms with van der Waals surface area (Å²) < 4.78 is 15.4. The fraction of sp³-hybridized carbons (Fsp3) is 0.667. The molecule has 0 saturated carbocycles. The Morgan fingerprint density at radius 2 is 1.94 bits per heavy atom. The van der Waals surface area contributed by atoms with Gasteiger partial charge in [0.2, 0.25) is 5.88 Å². The summed E-state index contributed by atoms with van der Waals surface area (Å²) >= 11 is 0. The molecule has 6 heteroatoms. The van der Waals surface area contributed by atoms with E-state index >= 15 is 0 Å². The summed E-state index contributed by atoms with van der Waals surface area (Å²) in [5, 5.41) is 3.22. The summed E-state index contributed by atoms with van der Waals surface area (Å²) in [5.41, 5.74) is 0. The highest BCUT2D eigenvalue weighted by atomic mass is 16.5. The van der Waals surface area contributed by atoms with Crippen LogP contribution in [0.15, 0.2) is 6.07 Å². The normalized spacial score (nSPS) is 10.7. The number of hydrogen-bond donors (Lipinski definition) is 1. The fourth-order valence-electron chi connectivity index (χ4n) is 1.34. The molecule has 6 nitrogen and oxygen atoms in total. The van der Waals surface area contributed by atoms with Crippen molar-refractivity contribution >= 4 is 5.82 Å². The lowest BCUT2D eigenvalue weighted by atomic mass is 10.4. The second-order valence-corrected chi connectivity index (χ2v) is 4.08. The van der Waals surface area contributed by atoms with Crippen LogP contribution in [0.1, 0.15) is 19.7 Å². The van der Waals surface area contributed by atoms with E-state index in [-0.39, 0.29) is 0 Å². The van der Waals surface area contributed by atoms with Gasteiger partial charge in [0.1, 0.15) is 19.0 Å². The molecule has 0 radical (unpaired) electrons. The molecule has 1 heterocycles. The van der Waals surface area contributed by atoms with E-state index in [1.165, 1.54) is 0 Å². The highest BCUT2D eigenvalue weighted by Gasteiger charge is 2.06. The van der Waals surface area contributed by atoms with Gasteiger partial charge in [0.05, 0.1) is 6.61 Å². The van der Waals surface area contributed by atoms with E-state index in [0.717, 1.165) is 5.82 Å². The van der Waals surface area contributed by atoms with E-state index in [4.69, 9.17) is 14.2 Å². The fourth-order valence-corrected chi connectivity index (χ4v) is 1.34. The summed E-state index contributed by atoms with van der Waals surface area (Å²) in [6.07, 6.45) is 0. The Labute approximate surface area is 108 Å². The van der Waals surface area contributed by atoms with Gasteiger partial charge in [0, 0.05) is 26.3 Å². The Hall–Kier alpha value is -1.40. The maximum atomic E-state index is 5.48. The third-order valence-electron chi connectivity index (χ3n) is 2.00. The van der Waals surface area contributed by atoms with Gasteiger partial charge in [-0.05, 0) is 13.8 Å². The SMILES string of the molecule is COCCOc1cc(NC(C)C)nc(COC)n1. The van der Waals surface area contributed by atoms with Crippen molar-refractivity contribution in [2.45, 2.75) is 26.5 Å². The molecule has 18 heavy (non-hydrogen) atoms. The first-order valence-corrected chi connectivity index (χ1v) is 5.91. The average Bonchev–Trinajstić information content (AvgIpc) is 2.28. The van der Waals surface area contributed by atoms with Gasteiger partial charge in [0.15, 0.2) is 5.82 Å². The number of hydrogen-bond acceptors (Lipinski definition) is 6. The number of nitrogens with one attached hydrogen (secondary N) is 1. The summed E-state index contributed by atoms with van der Waals surface area (Å²) in [4.78, 5) is 8.58. The molecular formula is C12H21N3O3. The van der Waals surface area contributed by atoms with Crippen LogP contribution >= 0.6 is 0 Å². The van der Waals surface area contributed by atoms with E-state index in [1.807, 2.05) is 13.8 Å². The van der Waals surface area contributed by atoms with E-state index in [9.17, 15) is 0 Å². The summed E-state index contributed by atoms with van der Waals surface area (Å²) in [6, 6.07) is 2.07. The Kier molecular flexibility index (Phi) is 6.38. The van der Waals surface area contributed by atoms with Gasteiger partial charge in [-0.1, -0.05) is 0 Å². The maximum Gasteiger partial charge on any atom is 0.218 e. The highest BCUT2D eigenvalue weighted by molar-refractivity contribution is 5.39. The first-order valence-electron chi connectivity index (χ1n) is 5.91. The van der Waals surface area contributed by atoms with Gasteiger partial charge in [-0.2, -0.15) is 4.98 Å². The molecule has 0 aromatic carbocycles. The van der Waals surface area contributed by atoms with E-state index in [0.29, 0.717) is 37.6 Å². The number of rotatable bonds is 8. The number of nitrogens with zero attached hydrogens (tertiary/aromatic N) is 2. The van der Waals surface area contributed by atoms with Gasteiger partial charge in [-0.3, -0.25) is 0 Å². The van der Waals surface area contributed by atoms with E-state index in [2.05, 4.69) is 15.3 Å². The maximum absolute atomic E-state index is 5.48. The van der Waals surface area contributed by atoms with Crippen LogP contribution in [0.5, 0.6) is 5.88 Å². The van der Waals surface area contributed by atoms with Crippen LogP contribution in [0, 0.1) is 0 Å².